The summed E-state index contributed by atoms with van der Waals surface area (Å²) in [4.78, 5) is 25.0. The van der Waals surface area contributed by atoms with Crippen LogP contribution in [0.5, 0.6) is 0 Å². The Morgan fingerprint density at radius 3 is 2.33 bits per heavy atom. The number of ether oxygens (including phenoxy) is 1. The molecule has 0 aromatic rings. The Labute approximate surface area is 108 Å². The maximum absolute atomic E-state index is 11.7. The van der Waals surface area contributed by atoms with Gasteiger partial charge in [0, 0.05) is 19.1 Å². The third-order valence-corrected chi connectivity index (χ3v) is 2.54. The molecule has 6 heteroatoms. The van der Waals surface area contributed by atoms with E-state index in [0.29, 0.717) is 13.1 Å². The van der Waals surface area contributed by atoms with Gasteiger partial charge in [-0.25, -0.2) is 4.79 Å². The SMILES string of the molecule is CC(C)NC(=O)NC(=O)CN1CC(C)OC(C)C1. The molecule has 2 unspecified atom stereocenters. The number of morpholine rings is 1. The molecule has 3 amide bonds. The number of carbonyl (C=O) groups is 2. The zero-order chi connectivity index (χ0) is 13.7. The van der Waals surface area contributed by atoms with E-state index in [1.54, 1.807) is 0 Å². The van der Waals surface area contributed by atoms with E-state index < -0.39 is 6.03 Å². The zero-order valence-corrected chi connectivity index (χ0v) is 11.5. The van der Waals surface area contributed by atoms with E-state index in [1.165, 1.54) is 0 Å². The van der Waals surface area contributed by atoms with Gasteiger partial charge in [-0.15, -0.1) is 0 Å². The molecule has 0 aliphatic carbocycles. The molecule has 0 radical (unpaired) electrons. The topological polar surface area (TPSA) is 70.7 Å². The van der Waals surface area contributed by atoms with Gasteiger partial charge in [-0.05, 0) is 27.7 Å². The maximum atomic E-state index is 11.7. The Balaban J connectivity index is 2.33. The van der Waals surface area contributed by atoms with Gasteiger partial charge in [0.15, 0.2) is 0 Å². The van der Waals surface area contributed by atoms with Crippen LogP contribution in [-0.4, -0.2) is 54.7 Å². The van der Waals surface area contributed by atoms with E-state index in [2.05, 4.69) is 10.6 Å². The Morgan fingerprint density at radius 2 is 1.83 bits per heavy atom. The predicted molar refractivity (Wildman–Crippen MR) is 68.3 cm³/mol. The van der Waals surface area contributed by atoms with Gasteiger partial charge in [0.1, 0.15) is 0 Å². The van der Waals surface area contributed by atoms with Crippen molar-refractivity contribution >= 4 is 11.9 Å². The Hall–Kier alpha value is -1.14. The van der Waals surface area contributed by atoms with E-state index in [-0.39, 0.29) is 30.7 Å². The number of hydrogen-bond acceptors (Lipinski definition) is 4. The number of amides is 3. The molecule has 0 bridgehead atoms. The second-order valence-electron chi connectivity index (χ2n) is 5.13. The molecule has 0 aromatic carbocycles. The van der Waals surface area contributed by atoms with Crippen molar-refractivity contribution in [2.75, 3.05) is 19.6 Å². The number of carbonyl (C=O) groups excluding carboxylic acids is 2. The minimum Gasteiger partial charge on any atom is -0.373 e. The third-order valence-electron chi connectivity index (χ3n) is 2.54. The molecule has 2 atom stereocenters. The van der Waals surface area contributed by atoms with E-state index >= 15 is 0 Å². The molecule has 1 aliphatic rings. The smallest absolute Gasteiger partial charge is 0.321 e. The summed E-state index contributed by atoms with van der Waals surface area (Å²) < 4.78 is 5.58. The fraction of sp³-hybridized carbons (Fsp3) is 0.833. The quantitative estimate of drug-likeness (QED) is 0.764. The summed E-state index contributed by atoms with van der Waals surface area (Å²) in [6.45, 7) is 9.29. The molecule has 1 rings (SSSR count). The first-order chi connectivity index (χ1) is 8.36. The van der Waals surface area contributed by atoms with Crippen molar-refractivity contribution in [1.82, 2.24) is 15.5 Å². The maximum Gasteiger partial charge on any atom is 0.321 e. The molecule has 104 valence electrons. The minimum atomic E-state index is -0.440. The van der Waals surface area contributed by atoms with Crippen LogP contribution < -0.4 is 10.6 Å². The van der Waals surface area contributed by atoms with Crippen LogP contribution in [0, 0.1) is 0 Å². The number of hydrogen-bond donors (Lipinski definition) is 2. The van der Waals surface area contributed by atoms with Crippen LogP contribution in [-0.2, 0) is 9.53 Å². The largest absolute Gasteiger partial charge is 0.373 e. The zero-order valence-electron chi connectivity index (χ0n) is 11.5. The number of nitrogens with one attached hydrogen (secondary N) is 2. The van der Waals surface area contributed by atoms with Gasteiger partial charge < -0.3 is 10.1 Å². The highest BCUT2D eigenvalue weighted by Crippen LogP contribution is 2.09. The molecule has 1 heterocycles. The molecule has 2 N–H and O–H groups in total. The number of imide groups is 1. The van der Waals surface area contributed by atoms with Gasteiger partial charge >= 0.3 is 6.03 Å². The molecule has 6 nitrogen and oxygen atoms in total. The van der Waals surface area contributed by atoms with Crippen LogP contribution in [0.4, 0.5) is 4.79 Å². The summed E-state index contributed by atoms with van der Waals surface area (Å²) >= 11 is 0. The van der Waals surface area contributed by atoms with Gasteiger partial charge in [0.05, 0.1) is 18.8 Å². The normalized spacial score (nSPS) is 24.9. The van der Waals surface area contributed by atoms with E-state index in [0.717, 1.165) is 0 Å². The van der Waals surface area contributed by atoms with Crippen molar-refractivity contribution in [3.8, 4) is 0 Å². The van der Waals surface area contributed by atoms with Crippen molar-refractivity contribution in [2.45, 2.75) is 45.9 Å². The van der Waals surface area contributed by atoms with Crippen molar-refractivity contribution in [2.24, 2.45) is 0 Å². The lowest BCUT2D eigenvalue weighted by Crippen LogP contribution is -2.51. The first-order valence-electron chi connectivity index (χ1n) is 6.35. The monoisotopic (exact) mass is 257 g/mol. The van der Waals surface area contributed by atoms with Crippen LogP contribution in [0.25, 0.3) is 0 Å². The van der Waals surface area contributed by atoms with Crippen LogP contribution in [0.1, 0.15) is 27.7 Å². The molecule has 1 saturated heterocycles. The van der Waals surface area contributed by atoms with Gasteiger partial charge in [-0.1, -0.05) is 0 Å². The van der Waals surface area contributed by atoms with E-state index in [1.807, 2.05) is 32.6 Å². The Bertz CT molecular complexity index is 297. The molecule has 0 spiro atoms. The molecular weight excluding hydrogens is 234 g/mol. The van der Waals surface area contributed by atoms with Gasteiger partial charge in [0.2, 0.25) is 5.91 Å². The highest BCUT2D eigenvalue weighted by Gasteiger charge is 2.24. The number of rotatable bonds is 3. The van der Waals surface area contributed by atoms with Crippen molar-refractivity contribution in [1.29, 1.82) is 0 Å². The summed E-state index contributed by atoms with van der Waals surface area (Å²) in [7, 11) is 0. The van der Waals surface area contributed by atoms with Gasteiger partial charge in [0.25, 0.3) is 0 Å². The van der Waals surface area contributed by atoms with Crippen LogP contribution in [0.3, 0.4) is 0 Å². The minimum absolute atomic E-state index is 0.0150. The van der Waals surface area contributed by atoms with Crippen LogP contribution in [0.15, 0.2) is 0 Å². The second kappa shape index (κ2) is 6.70. The Morgan fingerprint density at radius 1 is 1.28 bits per heavy atom. The summed E-state index contributed by atoms with van der Waals surface area (Å²) in [5.74, 6) is -0.283. The molecule has 1 fully saturated rings. The van der Waals surface area contributed by atoms with Crippen molar-refractivity contribution < 1.29 is 14.3 Å². The summed E-state index contributed by atoms with van der Waals surface area (Å²) in [6.07, 6.45) is 0.233. The van der Waals surface area contributed by atoms with E-state index in [4.69, 9.17) is 4.74 Å². The summed E-state index contributed by atoms with van der Waals surface area (Å²) in [5.41, 5.74) is 0. The summed E-state index contributed by atoms with van der Waals surface area (Å²) in [6, 6.07) is -0.425. The highest BCUT2D eigenvalue weighted by molar-refractivity contribution is 5.95. The average Bonchev–Trinajstić information content (AvgIpc) is 2.12. The summed E-state index contributed by atoms with van der Waals surface area (Å²) in [5, 5.41) is 4.93. The lowest BCUT2D eigenvalue weighted by Gasteiger charge is -2.34. The molecule has 0 aromatic heterocycles. The lowest BCUT2D eigenvalue weighted by atomic mass is 10.2. The second-order valence-corrected chi connectivity index (χ2v) is 5.13. The van der Waals surface area contributed by atoms with Crippen molar-refractivity contribution in [3.05, 3.63) is 0 Å². The fourth-order valence-corrected chi connectivity index (χ4v) is 2.08. The number of urea groups is 1. The fourth-order valence-electron chi connectivity index (χ4n) is 2.08. The standard InChI is InChI=1S/C12H23N3O3/c1-8(2)13-12(17)14-11(16)7-15-5-9(3)18-10(4)6-15/h8-10H,5-7H2,1-4H3,(H2,13,14,16,17). The first kappa shape index (κ1) is 14.9. The lowest BCUT2D eigenvalue weighted by molar-refractivity contribution is -0.124. The van der Waals surface area contributed by atoms with Crippen LogP contribution >= 0.6 is 0 Å². The van der Waals surface area contributed by atoms with Crippen molar-refractivity contribution in [3.63, 3.8) is 0 Å². The third kappa shape index (κ3) is 5.46. The molecule has 18 heavy (non-hydrogen) atoms. The molecule has 0 saturated carbocycles. The van der Waals surface area contributed by atoms with E-state index in [9.17, 15) is 9.59 Å². The molecule has 1 aliphatic heterocycles. The molecular formula is C12H23N3O3. The Kier molecular flexibility index (Phi) is 5.55. The average molecular weight is 257 g/mol. The first-order valence-corrected chi connectivity index (χ1v) is 6.35. The van der Waals surface area contributed by atoms with Crippen LogP contribution in [0.2, 0.25) is 0 Å². The van der Waals surface area contributed by atoms with Gasteiger partial charge in [-0.3, -0.25) is 15.0 Å². The predicted octanol–water partition coefficient (Wildman–Crippen LogP) is 0.330. The number of nitrogens with zero attached hydrogens (tertiary/aromatic N) is 1. The van der Waals surface area contributed by atoms with Gasteiger partial charge in [-0.2, -0.15) is 0 Å². The highest BCUT2D eigenvalue weighted by atomic mass is 16.5.